The number of carbonyl (C=O) groups is 1. The average molecular weight is 245 g/mol. The second-order valence-corrected chi connectivity index (χ2v) is 5.43. The van der Waals surface area contributed by atoms with Crippen molar-refractivity contribution in [3.63, 3.8) is 0 Å². The Morgan fingerprint density at radius 2 is 2.12 bits per heavy atom. The van der Waals surface area contributed by atoms with Crippen molar-refractivity contribution in [1.82, 2.24) is 4.31 Å². The second-order valence-electron chi connectivity index (χ2n) is 3.45. The molecule has 0 amide bonds. The highest BCUT2D eigenvalue weighted by Gasteiger charge is 2.23. The predicted molar refractivity (Wildman–Crippen MR) is 58.8 cm³/mol. The normalized spacial score (nSPS) is 11.9. The molecule has 90 valence electrons. The summed E-state index contributed by atoms with van der Waals surface area (Å²) in [6.45, 7) is 2.42. The summed E-state index contributed by atoms with van der Waals surface area (Å²) >= 11 is 0. The van der Waals surface area contributed by atoms with Crippen LogP contribution in [0, 0.1) is 0 Å². The first-order chi connectivity index (χ1) is 7.52. The van der Waals surface area contributed by atoms with Gasteiger partial charge in [0.15, 0.2) is 12.0 Å². The minimum Gasteiger partial charge on any atom is -0.440 e. The molecule has 1 aromatic heterocycles. The Morgan fingerprint density at radius 3 is 2.62 bits per heavy atom. The lowest BCUT2D eigenvalue weighted by molar-refractivity contribution is 0.109. The van der Waals surface area contributed by atoms with Crippen LogP contribution >= 0.6 is 0 Å². The van der Waals surface area contributed by atoms with Gasteiger partial charge in [0, 0.05) is 13.6 Å². The molecule has 0 radical (unpaired) electrons. The van der Waals surface area contributed by atoms with Gasteiger partial charge in [-0.1, -0.05) is 13.3 Å². The first kappa shape index (κ1) is 12.9. The number of unbranched alkanes of at least 4 members (excludes halogenated alkanes) is 1. The molecule has 1 heterocycles. The van der Waals surface area contributed by atoms with Crippen molar-refractivity contribution < 1.29 is 17.6 Å². The molecule has 0 spiro atoms. The van der Waals surface area contributed by atoms with Gasteiger partial charge in [-0.2, -0.15) is 4.31 Å². The Hall–Kier alpha value is -1.14. The molecule has 0 aromatic carbocycles. The summed E-state index contributed by atoms with van der Waals surface area (Å²) in [4.78, 5) is 10.4. The minimum absolute atomic E-state index is 0.0162. The average Bonchev–Trinajstić information content (AvgIpc) is 2.74. The molecule has 0 saturated heterocycles. The molecular weight excluding hydrogens is 230 g/mol. The van der Waals surface area contributed by atoms with Gasteiger partial charge >= 0.3 is 0 Å². The maximum Gasteiger partial charge on any atom is 0.276 e. The highest BCUT2D eigenvalue weighted by molar-refractivity contribution is 7.89. The van der Waals surface area contributed by atoms with E-state index in [2.05, 4.69) is 0 Å². The number of sulfonamides is 1. The van der Waals surface area contributed by atoms with Gasteiger partial charge in [0.2, 0.25) is 5.09 Å². The molecule has 5 nitrogen and oxygen atoms in total. The molecular formula is C10H15NO4S. The predicted octanol–water partition coefficient (Wildman–Crippen LogP) is 1.51. The van der Waals surface area contributed by atoms with E-state index in [0.29, 0.717) is 12.8 Å². The van der Waals surface area contributed by atoms with E-state index in [-0.39, 0.29) is 10.9 Å². The fourth-order valence-electron chi connectivity index (χ4n) is 1.19. The Morgan fingerprint density at radius 1 is 1.44 bits per heavy atom. The SMILES string of the molecule is CCCCN(C)S(=O)(=O)c1ccc(C=O)o1. The molecule has 0 saturated carbocycles. The molecule has 0 bridgehead atoms. The summed E-state index contributed by atoms with van der Waals surface area (Å²) in [7, 11) is -2.10. The molecule has 1 rings (SSSR count). The van der Waals surface area contributed by atoms with Crippen LogP contribution in [0.4, 0.5) is 0 Å². The van der Waals surface area contributed by atoms with E-state index in [1.165, 1.54) is 23.5 Å². The van der Waals surface area contributed by atoms with Gasteiger partial charge in [0.25, 0.3) is 10.0 Å². The number of furan rings is 1. The van der Waals surface area contributed by atoms with Gasteiger partial charge in [0.05, 0.1) is 0 Å². The van der Waals surface area contributed by atoms with Crippen molar-refractivity contribution in [1.29, 1.82) is 0 Å². The topological polar surface area (TPSA) is 67.6 Å². The maximum absolute atomic E-state index is 11.9. The summed E-state index contributed by atoms with van der Waals surface area (Å²) in [5.41, 5.74) is 0. The lowest BCUT2D eigenvalue weighted by atomic mass is 10.3. The fraction of sp³-hybridized carbons (Fsp3) is 0.500. The zero-order valence-electron chi connectivity index (χ0n) is 9.34. The van der Waals surface area contributed by atoms with Crippen molar-refractivity contribution in [3.05, 3.63) is 17.9 Å². The molecule has 0 fully saturated rings. The third kappa shape index (κ3) is 2.70. The monoisotopic (exact) mass is 245 g/mol. The first-order valence-corrected chi connectivity index (χ1v) is 6.47. The van der Waals surface area contributed by atoms with Crippen molar-refractivity contribution in [2.45, 2.75) is 24.9 Å². The molecule has 6 heteroatoms. The lowest BCUT2D eigenvalue weighted by Gasteiger charge is -2.14. The van der Waals surface area contributed by atoms with Crippen molar-refractivity contribution >= 4 is 16.3 Å². The van der Waals surface area contributed by atoms with Gasteiger partial charge in [-0.05, 0) is 18.6 Å². The zero-order valence-corrected chi connectivity index (χ0v) is 10.2. The van der Waals surface area contributed by atoms with Gasteiger partial charge < -0.3 is 4.42 Å². The van der Waals surface area contributed by atoms with Crippen LogP contribution < -0.4 is 0 Å². The summed E-state index contributed by atoms with van der Waals surface area (Å²) < 4.78 is 29.9. The van der Waals surface area contributed by atoms with Gasteiger partial charge in [-0.25, -0.2) is 8.42 Å². The first-order valence-electron chi connectivity index (χ1n) is 5.03. The lowest BCUT2D eigenvalue weighted by Crippen LogP contribution is -2.27. The van der Waals surface area contributed by atoms with E-state index in [0.717, 1.165) is 12.8 Å². The second kappa shape index (κ2) is 5.27. The van der Waals surface area contributed by atoms with Crippen molar-refractivity contribution in [2.75, 3.05) is 13.6 Å². The van der Waals surface area contributed by atoms with Crippen LogP contribution in [0.3, 0.4) is 0 Å². The van der Waals surface area contributed by atoms with E-state index in [1.807, 2.05) is 6.92 Å². The fourth-order valence-corrected chi connectivity index (χ4v) is 2.31. The number of carbonyl (C=O) groups excluding carboxylic acids is 1. The smallest absolute Gasteiger partial charge is 0.276 e. The molecule has 0 atom stereocenters. The summed E-state index contributed by atoms with van der Waals surface area (Å²) in [5, 5.41) is -0.187. The third-order valence-corrected chi connectivity index (χ3v) is 3.94. The Balaban J connectivity index is 2.88. The van der Waals surface area contributed by atoms with Crippen LogP contribution in [0.15, 0.2) is 21.6 Å². The van der Waals surface area contributed by atoms with Crippen LogP contribution in [-0.2, 0) is 10.0 Å². The minimum atomic E-state index is -3.59. The van der Waals surface area contributed by atoms with Crippen molar-refractivity contribution in [3.8, 4) is 0 Å². The number of aldehydes is 1. The Bertz CT molecular complexity index is 449. The van der Waals surface area contributed by atoms with Gasteiger partial charge in [-0.3, -0.25) is 4.79 Å². The molecule has 0 aliphatic rings. The van der Waals surface area contributed by atoms with Crippen LogP contribution in [0.25, 0.3) is 0 Å². The molecule has 0 aliphatic carbocycles. The Kier molecular flexibility index (Phi) is 4.26. The van der Waals surface area contributed by atoms with Gasteiger partial charge in [-0.15, -0.1) is 0 Å². The number of hydrogen-bond acceptors (Lipinski definition) is 4. The molecule has 1 aromatic rings. The summed E-state index contributed by atoms with van der Waals surface area (Å²) in [6, 6.07) is 2.63. The number of hydrogen-bond donors (Lipinski definition) is 0. The molecule has 0 unspecified atom stereocenters. The van der Waals surface area contributed by atoms with E-state index in [1.54, 1.807) is 0 Å². The van der Waals surface area contributed by atoms with E-state index >= 15 is 0 Å². The quantitative estimate of drug-likeness (QED) is 0.712. The summed E-state index contributed by atoms with van der Waals surface area (Å²) in [6.07, 6.45) is 2.18. The number of rotatable bonds is 6. The number of nitrogens with zero attached hydrogens (tertiary/aromatic N) is 1. The van der Waals surface area contributed by atoms with Crippen LogP contribution in [0.2, 0.25) is 0 Å². The van der Waals surface area contributed by atoms with Gasteiger partial charge in [0.1, 0.15) is 0 Å². The summed E-state index contributed by atoms with van der Waals surface area (Å²) in [5.74, 6) is 0.0162. The highest BCUT2D eigenvalue weighted by Crippen LogP contribution is 2.17. The van der Waals surface area contributed by atoms with E-state index in [4.69, 9.17) is 4.42 Å². The zero-order chi connectivity index (χ0) is 12.2. The highest BCUT2D eigenvalue weighted by atomic mass is 32.2. The van der Waals surface area contributed by atoms with E-state index in [9.17, 15) is 13.2 Å². The van der Waals surface area contributed by atoms with Crippen LogP contribution in [0.5, 0.6) is 0 Å². The van der Waals surface area contributed by atoms with Crippen LogP contribution in [0.1, 0.15) is 30.3 Å². The third-order valence-electron chi connectivity index (χ3n) is 2.21. The van der Waals surface area contributed by atoms with Crippen LogP contribution in [-0.4, -0.2) is 32.6 Å². The maximum atomic E-state index is 11.9. The standard InChI is InChI=1S/C10H15NO4S/c1-3-4-7-11(2)16(13,14)10-6-5-9(8-12)15-10/h5-6,8H,3-4,7H2,1-2H3. The largest absolute Gasteiger partial charge is 0.440 e. The molecule has 16 heavy (non-hydrogen) atoms. The molecule has 0 aliphatic heterocycles. The Labute approximate surface area is 95.1 Å². The van der Waals surface area contributed by atoms with Crippen molar-refractivity contribution in [2.24, 2.45) is 0 Å². The molecule has 0 N–H and O–H groups in total. The van der Waals surface area contributed by atoms with E-state index < -0.39 is 10.0 Å².